The molecule has 0 bridgehead atoms. The first-order valence-corrected chi connectivity index (χ1v) is 7.47. The number of nitrogens with zero attached hydrogens (tertiary/aromatic N) is 4. The average molecular weight is 427 g/mol. The Morgan fingerprint density at radius 3 is 2.43 bits per heavy atom. The molecule has 0 aliphatic rings. The van der Waals surface area contributed by atoms with Crippen molar-refractivity contribution in [1.82, 2.24) is 20.0 Å². The Bertz CT molecular complexity index is 649. The predicted molar refractivity (Wildman–Crippen MR) is 106 cm³/mol. The van der Waals surface area contributed by atoms with Gasteiger partial charge in [0.2, 0.25) is 0 Å². The highest BCUT2D eigenvalue weighted by Crippen LogP contribution is 2.11. The Morgan fingerprint density at radius 2 is 1.91 bits per heavy atom. The Labute approximate surface area is 155 Å². The molecule has 5 nitrogen and oxygen atoms in total. The first-order chi connectivity index (χ1) is 10.5. The standard InChI is InChI=1S/C17H25N5.HI/c1-13-16(14(2)22(5)20-13)11-19-17(18-3)21(4)12-15-9-7-6-8-10-15;/h6-10H,11-12H2,1-5H3,(H,18,19);1H. The molecule has 1 N–H and O–H groups in total. The van der Waals surface area contributed by atoms with Crippen LogP contribution in [0.2, 0.25) is 0 Å². The number of hydrogen-bond donors (Lipinski definition) is 1. The lowest BCUT2D eigenvalue weighted by atomic mass is 10.2. The van der Waals surface area contributed by atoms with Crippen molar-refractivity contribution in [1.29, 1.82) is 0 Å². The fourth-order valence-corrected chi connectivity index (χ4v) is 2.56. The largest absolute Gasteiger partial charge is 0.352 e. The molecule has 23 heavy (non-hydrogen) atoms. The van der Waals surface area contributed by atoms with E-state index in [2.05, 4.69) is 51.5 Å². The Hall–Kier alpha value is -1.57. The van der Waals surface area contributed by atoms with E-state index >= 15 is 0 Å². The number of aliphatic imine (C=N–C) groups is 1. The van der Waals surface area contributed by atoms with Crippen molar-refractivity contribution in [2.75, 3.05) is 14.1 Å². The van der Waals surface area contributed by atoms with Crippen LogP contribution in [0.4, 0.5) is 0 Å². The molecule has 126 valence electrons. The van der Waals surface area contributed by atoms with Crippen LogP contribution in [0.15, 0.2) is 35.3 Å². The zero-order valence-corrected chi connectivity index (χ0v) is 16.8. The molecule has 0 unspecified atom stereocenters. The number of rotatable bonds is 4. The summed E-state index contributed by atoms with van der Waals surface area (Å²) < 4.78 is 1.92. The van der Waals surface area contributed by atoms with E-state index in [1.807, 2.05) is 38.8 Å². The van der Waals surface area contributed by atoms with Crippen LogP contribution in [0.25, 0.3) is 0 Å². The molecule has 0 amide bonds. The summed E-state index contributed by atoms with van der Waals surface area (Å²) in [7, 11) is 5.83. The maximum Gasteiger partial charge on any atom is 0.193 e. The second-order valence-electron chi connectivity index (χ2n) is 5.52. The zero-order valence-electron chi connectivity index (χ0n) is 14.5. The Morgan fingerprint density at radius 1 is 1.26 bits per heavy atom. The third-order valence-electron chi connectivity index (χ3n) is 3.92. The van der Waals surface area contributed by atoms with Gasteiger partial charge < -0.3 is 10.2 Å². The number of guanidine groups is 1. The average Bonchev–Trinajstić information content (AvgIpc) is 2.74. The summed E-state index contributed by atoms with van der Waals surface area (Å²) in [5.74, 6) is 0.881. The van der Waals surface area contributed by atoms with Crippen LogP contribution in [0.1, 0.15) is 22.5 Å². The van der Waals surface area contributed by atoms with Crippen molar-refractivity contribution >= 4 is 29.9 Å². The molecule has 2 aromatic rings. The maximum absolute atomic E-state index is 4.45. The molecule has 1 aromatic carbocycles. The highest BCUT2D eigenvalue weighted by molar-refractivity contribution is 14.0. The van der Waals surface area contributed by atoms with Gasteiger partial charge in [0.25, 0.3) is 0 Å². The first-order valence-electron chi connectivity index (χ1n) is 7.47. The van der Waals surface area contributed by atoms with Crippen LogP contribution >= 0.6 is 24.0 Å². The topological polar surface area (TPSA) is 45.5 Å². The summed E-state index contributed by atoms with van der Waals surface area (Å²) in [5, 5.41) is 7.87. The molecule has 0 radical (unpaired) electrons. The minimum atomic E-state index is 0. The lowest BCUT2D eigenvalue weighted by Crippen LogP contribution is -2.38. The molecule has 1 heterocycles. The van der Waals surface area contributed by atoms with Crippen LogP contribution < -0.4 is 5.32 Å². The van der Waals surface area contributed by atoms with Gasteiger partial charge in [-0.3, -0.25) is 9.67 Å². The van der Waals surface area contributed by atoms with Crippen LogP contribution in [-0.2, 0) is 20.1 Å². The van der Waals surface area contributed by atoms with Crippen LogP contribution in [0.3, 0.4) is 0 Å². The van der Waals surface area contributed by atoms with E-state index < -0.39 is 0 Å². The molecule has 0 atom stereocenters. The first kappa shape index (κ1) is 19.5. The monoisotopic (exact) mass is 427 g/mol. The van der Waals surface area contributed by atoms with Crippen LogP contribution in [-0.4, -0.2) is 34.7 Å². The van der Waals surface area contributed by atoms with Gasteiger partial charge >= 0.3 is 0 Å². The normalized spacial score (nSPS) is 11.1. The lowest BCUT2D eigenvalue weighted by Gasteiger charge is -2.22. The number of nitrogens with one attached hydrogen (secondary N) is 1. The third-order valence-corrected chi connectivity index (χ3v) is 3.92. The van der Waals surface area contributed by atoms with E-state index in [4.69, 9.17) is 0 Å². The summed E-state index contributed by atoms with van der Waals surface area (Å²) >= 11 is 0. The molecule has 0 aliphatic heterocycles. The zero-order chi connectivity index (χ0) is 16.1. The predicted octanol–water partition coefficient (Wildman–Crippen LogP) is 2.86. The third kappa shape index (κ3) is 4.95. The molecular weight excluding hydrogens is 401 g/mol. The number of halogens is 1. The van der Waals surface area contributed by atoms with E-state index in [1.165, 1.54) is 16.8 Å². The van der Waals surface area contributed by atoms with E-state index in [9.17, 15) is 0 Å². The second kappa shape index (κ2) is 8.90. The lowest BCUT2D eigenvalue weighted by molar-refractivity contribution is 0.476. The van der Waals surface area contributed by atoms with Crippen molar-refractivity contribution < 1.29 is 0 Å². The fourth-order valence-electron chi connectivity index (χ4n) is 2.56. The SMILES string of the molecule is CN=C(NCc1c(C)nn(C)c1C)N(C)Cc1ccccc1.I. The van der Waals surface area contributed by atoms with Gasteiger partial charge in [-0.1, -0.05) is 30.3 Å². The molecule has 0 fully saturated rings. The van der Waals surface area contributed by atoms with Crippen molar-refractivity contribution in [2.24, 2.45) is 12.0 Å². The molecular formula is C17H26IN5. The van der Waals surface area contributed by atoms with Gasteiger partial charge in [-0.2, -0.15) is 5.10 Å². The minimum Gasteiger partial charge on any atom is -0.352 e. The number of hydrogen-bond acceptors (Lipinski definition) is 2. The number of benzene rings is 1. The van der Waals surface area contributed by atoms with Gasteiger partial charge in [-0.25, -0.2) is 0 Å². The minimum absolute atomic E-state index is 0. The highest BCUT2D eigenvalue weighted by Gasteiger charge is 2.11. The van der Waals surface area contributed by atoms with Gasteiger partial charge in [0, 0.05) is 45.5 Å². The summed E-state index contributed by atoms with van der Waals surface area (Å²) in [6, 6.07) is 10.4. The summed E-state index contributed by atoms with van der Waals surface area (Å²) in [6.45, 7) is 5.69. The molecule has 0 aliphatic carbocycles. The molecule has 0 saturated heterocycles. The van der Waals surface area contributed by atoms with E-state index in [0.717, 1.165) is 24.7 Å². The molecule has 2 rings (SSSR count). The molecule has 0 saturated carbocycles. The van der Waals surface area contributed by atoms with Gasteiger partial charge in [0.05, 0.1) is 5.69 Å². The van der Waals surface area contributed by atoms with E-state index in [-0.39, 0.29) is 24.0 Å². The summed E-state index contributed by atoms with van der Waals surface area (Å²) in [6.07, 6.45) is 0. The Balaban J connectivity index is 0.00000264. The van der Waals surface area contributed by atoms with Gasteiger partial charge in [-0.15, -0.1) is 24.0 Å². The highest BCUT2D eigenvalue weighted by atomic mass is 127. The van der Waals surface area contributed by atoms with Gasteiger partial charge in [0.15, 0.2) is 5.96 Å². The van der Waals surface area contributed by atoms with Gasteiger partial charge in [-0.05, 0) is 19.4 Å². The maximum atomic E-state index is 4.45. The second-order valence-corrected chi connectivity index (χ2v) is 5.52. The summed E-state index contributed by atoms with van der Waals surface area (Å²) in [4.78, 5) is 6.49. The van der Waals surface area contributed by atoms with Crippen molar-refractivity contribution in [3.05, 3.63) is 52.8 Å². The van der Waals surface area contributed by atoms with Crippen molar-refractivity contribution in [2.45, 2.75) is 26.9 Å². The van der Waals surface area contributed by atoms with Crippen LogP contribution in [0, 0.1) is 13.8 Å². The van der Waals surface area contributed by atoms with E-state index in [1.54, 1.807) is 0 Å². The number of aryl methyl sites for hydroxylation is 2. The van der Waals surface area contributed by atoms with E-state index in [0.29, 0.717) is 0 Å². The summed E-state index contributed by atoms with van der Waals surface area (Å²) in [5.41, 5.74) is 4.75. The van der Waals surface area contributed by atoms with Crippen LogP contribution in [0.5, 0.6) is 0 Å². The van der Waals surface area contributed by atoms with Gasteiger partial charge in [0.1, 0.15) is 0 Å². The Kier molecular flexibility index (Phi) is 7.54. The number of aromatic nitrogens is 2. The van der Waals surface area contributed by atoms with Crippen molar-refractivity contribution in [3.8, 4) is 0 Å². The molecule has 0 spiro atoms. The fraction of sp³-hybridized carbons (Fsp3) is 0.412. The smallest absolute Gasteiger partial charge is 0.193 e. The quantitative estimate of drug-likeness (QED) is 0.464. The van der Waals surface area contributed by atoms with Crippen molar-refractivity contribution in [3.63, 3.8) is 0 Å². The molecule has 6 heteroatoms. The molecule has 1 aromatic heterocycles.